The maximum absolute atomic E-state index is 4.54. The summed E-state index contributed by atoms with van der Waals surface area (Å²) in [6.07, 6.45) is 7.37. The molecule has 2 heterocycles. The van der Waals surface area contributed by atoms with Crippen molar-refractivity contribution in [2.45, 2.75) is 57.7 Å². The molecular weight excluding hydrogens is 246 g/mol. The van der Waals surface area contributed by atoms with Crippen LogP contribution in [0.5, 0.6) is 0 Å². The highest BCUT2D eigenvalue weighted by Gasteiger charge is 2.43. The van der Waals surface area contributed by atoms with Crippen LogP contribution in [0.15, 0.2) is 24.4 Å². The standard InChI is InChI=1S/C17H27N3/c1-14(2)16-12-20(11-15-7-3-6-10-18-15)17(13-19-16)8-4-5-9-17/h3,6-7,10,14,16,19H,4-5,8-9,11-13H2,1-2H3. The Hall–Kier alpha value is -0.930. The van der Waals surface area contributed by atoms with Crippen LogP contribution in [0.2, 0.25) is 0 Å². The molecule has 3 heteroatoms. The van der Waals surface area contributed by atoms with E-state index in [9.17, 15) is 0 Å². The lowest BCUT2D eigenvalue weighted by Crippen LogP contribution is -2.64. The molecule has 1 spiro atoms. The second-order valence-electron chi connectivity index (χ2n) is 6.86. The molecule has 1 aromatic heterocycles. The van der Waals surface area contributed by atoms with Crippen LogP contribution >= 0.6 is 0 Å². The van der Waals surface area contributed by atoms with Crippen LogP contribution in [0.4, 0.5) is 0 Å². The quantitative estimate of drug-likeness (QED) is 0.918. The Morgan fingerprint density at radius 3 is 2.80 bits per heavy atom. The second-order valence-corrected chi connectivity index (χ2v) is 6.86. The molecule has 0 radical (unpaired) electrons. The lowest BCUT2D eigenvalue weighted by molar-refractivity contribution is 0.0251. The summed E-state index contributed by atoms with van der Waals surface area (Å²) in [6.45, 7) is 7.97. The van der Waals surface area contributed by atoms with Crippen LogP contribution in [0.1, 0.15) is 45.2 Å². The van der Waals surface area contributed by atoms with E-state index in [-0.39, 0.29) is 0 Å². The lowest BCUT2D eigenvalue weighted by Gasteiger charge is -2.49. The Bertz CT molecular complexity index is 423. The lowest BCUT2D eigenvalue weighted by atomic mass is 9.88. The topological polar surface area (TPSA) is 28.2 Å². The zero-order valence-corrected chi connectivity index (χ0v) is 12.8. The van der Waals surface area contributed by atoms with Gasteiger partial charge in [0.1, 0.15) is 0 Å². The first kappa shape index (κ1) is 14.0. The fourth-order valence-corrected chi connectivity index (χ4v) is 3.82. The summed E-state index contributed by atoms with van der Waals surface area (Å²) >= 11 is 0. The van der Waals surface area contributed by atoms with Crippen LogP contribution in [0, 0.1) is 5.92 Å². The predicted molar refractivity (Wildman–Crippen MR) is 82.5 cm³/mol. The van der Waals surface area contributed by atoms with Gasteiger partial charge in [-0.1, -0.05) is 32.8 Å². The fourth-order valence-electron chi connectivity index (χ4n) is 3.82. The number of rotatable bonds is 3. The number of nitrogens with one attached hydrogen (secondary N) is 1. The minimum Gasteiger partial charge on any atom is -0.311 e. The first-order valence-electron chi connectivity index (χ1n) is 8.08. The summed E-state index contributed by atoms with van der Waals surface area (Å²) in [4.78, 5) is 7.26. The molecule has 2 fully saturated rings. The van der Waals surface area contributed by atoms with E-state index < -0.39 is 0 Å². The van der Waals surface area contributed by atoms with Crippen molar-refractivity contribution in [2.24, 2.45) is 5.92 Å². The number of hydrogen-bond donors (Lipinski definition) is 1. The Morgan fingerprint density at radius 1 is 1.35 bits per heavy atom. The van der Waals surface area contributed by atoms with Gasteiger partial charge in [0.15, 0.2) is 0 Å². The highest BCUT2D eigenvalue weighted by Crippen LogP contribution is 2.38. The molecule has 110 valence electrons. The first-order chi connectivity index (χ1) is 9.70. The van der Waals surface area contributed by atoms with Gasteiger partial charge >= 0.3 is 0 Å². The SMILES string of the molecule is CC(C)C1CN(Cc2ccccn2)C2(CCCC2)CN1. The van der Waals surface area contributed by atoms with Gasteiger partial charge < -0.3 is 5.32 Å². The van der Waals surface area contributed by atoms with Crippen molar-refractivity contribution in [1.29, 1.82) is 0 Å². The molecule has 1 aliphatic carbocycles. The number of hydrogen-bond acceptors (Lipinski definition) is 3. The van der Waals surface area contributed by atoms with E-state index in [1.54, 1.807) is 0 Å². The van der Waals surface area contributed by atoms with Gasteiger partial charge in [0.25, 0.3) is 0 Å². The third-order valence-electron chi connectivity index (χ3n) is 5.20. The molecule has 1 saturated heterocycles. The minimum atomic E-state index is 0.392. The smallest absolute Gasteiger partial charge is 0.0544 e. The van der Waals surface area contributed by atoms with E-state index in [1.807, 2.05) is 12.3 Å². The van der Waals surface area contributed by atoms with Gasteiger partial charge in [0.05, 0.1) is 5.69 Å². The Morgan fingerprint density at radius 2 is 2.15 bits per heavy atom. The van der Waals surface area contributed by atoms with Crippen molar-refractivity contribution in [3.63, 3.8) is 0 Å². The average Bonchev–Trinajstić information content (AvgIpc) is 2.92. The van der Waals surface area contributed by atoms with Crippen molar-refractivity contribution in [3.8, 4) is 0 Å². The maximum Gasteiger partial charge on any atom is 0.0544 e. The van der Waals surface area contributed by atoms with Gasteiger partial charge in [-0.3, -0.25) is 9.88 Å². The summed E-state index contributed by atoms with van der Waals surface area (Å²) in [5, 5.41) is 3.80. The molecule has 1 saturated carbocycles. The van der Waals surface area contributed by atoms with E-state index in [2.05, 4.69) is 41.2 Å². The summed E-state index contributed by atoms with van der Waals surface area (Å²) in [7, 11) is 0. The molecule has 1 aliphatic heterocycles. The molecule has 0 amide bonds. The maximum atomic E-state index is 4.54. The molecule has 3 rings (SSSR count). The third kappa shape index (κ3) is 2.75. The van der Waals surface area contributed by atoms with Gasteiger partial charge in [0.2, 0.25) is 0 Å². The van der Waals surface area contributed by atoms with Crippen molar-refractivity contribution >= 4 is 0 Å². The molecule has 1 N–H and O–H groups in total. The van der Waals surface area contributed by atoms with Gasteiger partial charge in [-0.15, -0.1) is 0 Å². The van der Waals surface area contributed by atoms with Crippen LogP contribution < -0.4 is 5.32 Å². The zero-order chi connectivity index (χ0) is 14.0. The molecule has 3 nitrogen and oxygen atoms in total. The highest BCUT2D eigenvalue weighted by molar-refractivity contribution is 5.08. The molecule has 0 aromatic carbocycles. The van der Waals surface area contributed by atoms with Crippen molar-refractivity contribution in [1.82, 2.24) is 15.2 Å². The van der Waals surface area contributed by atoms with Gasteiger partial charge in [-0.25, -0.2) is 0 Å². The number of piperazine rings is 1. The molecule has 1 unspecified atom stereocenters. The van der Waals surface area contributed by atoms with Crippen LogP contribution in [0.3, 0.4) is 0 Å². The van der Waals surface area contributed by atoms with Crippen molar-refractivity contribution in [2.75, 3.05) is 13.1 Å². The summed E-state index contributed by atoms with van der Waals surface area (Å²) in [6, 6.07) is 6.88. The van der Waals surface area contributed by atoms with Gasteiger partial charge in [0, 0.05) is 37.4 Å². The normalized spacial score (nSPS) is 26.4. The highest BCUT2D eigenvalue weighted by atomic mass is 15.3. The van der Waals surface area contributed by atoms with E-state index in [4.69, 9.17) is 0 Å². The van der Waals surface area contributed by atoms with E-state index in [0.29, 0.717) is 17.5 Å². The summed E-state index contributed by atoms with van der Waals surface area (Å²) < 4.78 is 0. The number of aromatic nitrogens is 1. The molecule has 20 heavy (non-hydrogen) atoms. The predicted octanol–water partition coefficient (Wildman–Crippen LogP) is 2.82. The third-order valence-corrected chi connectivity index (χ3v) is 5.20. The zero-order valence-electron chi connectivity index (χ0n) is 12.8. The van der Waals surface area contributed by atoms with Crippen molar-refractivity contribution in [3.05, 3.63) is 30.1 Å². The Kier molecular flexibility index (Phi) is 4.08. The van der Waals surface area contributed by atoms with E-state index >= 15 is 0 Å². The fraction of sp³-hybridized carbons (Fsp3) is 0.706. The summed E-state index contributed by atoms with van der Waals surface area (Å²) in [5.41, 5.74) is 1.60. The molecule has 2 aliphatic rings. The van der Waals surface area contributed by atoms with Crippen molar-refractivity contribution < 1.29 is 0 Å². The Labute approximate surface area is 122 Å². The average molecular weight is 273 g/mol. The van der Waals surface area contributed by atoms with E-state index in [0.717, 1.165) is 19.6 Å². The van der Waals surface area contributed by atoms with Crippen LogP contribution in [0.25, 0.3) is 0 Å². The van der Waals surface area contributed by atoms with E-state index in [1.165, 1.54) is 31.4 Å². The molecule has 1 atom stereocenters. The van der Waals surface area contributed by atoms with Gasteiger partial charge in [-0.05, 0) is 30.9 Å². The number of nitrogens with zero attached hydrogens (tertiary/aromatic N) is 2. The molecule has 0 bridgehead atoms. The second kappa shape index (κ2) is 5.82. The largest absolute Gasteiger partial charge is 0.311 e. The summed E-state index contributed by atoms with van der Waals surface area (Å²) in [5.74, 6) is 0.694. The first-order valence-corrected chi connectivity index (χ1v) is 8.08. The Balaban J connectivity index is 1.78. The van der Waals surface area contributed by atoms with Crippen LogP contribution in [-0.4, -0.2) is 34.6 Å². The van der Waals surface area contributed by atoms with Crippen LogP contribution in [-0.2, 0) is 6.54 Å². The molecule has 1 aromatic rings. The molecular formula is C17H27N3. The minimum absolute atomic E-state index is 0.392. The monoisotopic (exact) mass is 273 g/mol. The number of pyridine rings is 1. The van der Waals surface area contributed by atoms with Gasteiger partial charge in [-0.2, -0.15) is 0 Å².